The summed E-state index contributed by atoms with van der Waals surface area (Å²) in [7, 11) is 28.8. The van der Waals surface area contributed by atoms with Crippen molar-refractivity contribution >= 4 is 140 Å². The number of hydrogen-bond acceptors (Lipinski definition) is 17. The van der Waals surface area contributed by atoms with Gasteiger partial charge in [-0.1, -0.05) is 109 Å². The molecule has 0 amide bonds. The third kappa shape index (κ3) is 35.0. The molecule has 1 aliphatic rings. The number of fused-ring (bicyclic) bond motifs is 2. The zero-order valence-electron chi connectivity index (χ0n) is 82.8. The van der Waals surface area contributed by atoms with Crippen LogP contribution in [0.25, 0.3) is 35.2 Å². The highest BCUT2D eigenvalue weighted by molar-refractivity contribution is 6.31. The van der Waals surface area contributed by atoms with Gasteiger partial charge in [0, 0.05) is 144 Å². The lowest BCUT2D eigenvalue weighted by molar-refractivity contribution is -0.748. The molecule has 0 saturated heterocycles. The number of pyridine rings is 6. The van der Waals surface area contributed by atoms with Crippen molar-refractivity contribution in [3.63, 3.8) is 0 Å². The predicted octanol–water partition coefficient (Wildman–Crippen LogP) is 19.7. The summed E-state index contributed by atoms with van der Waals surface area (Å²) in [5, 5.41) is 54.5. The third-order valence-corrected chi connectivity index (χ3v) is 22.5. The van der Waals surface area contributed by atoms with Gasteiger partial charge < -0.3 is 26.0 Å². The van der Waals surface area contributed by atoms with Gasteiger partial charge in [0.15, 0.2) is 68.5 Å². The molecule has 29 heteroatoms. The minimum atomic E-state index is 0. The van der Waals surface area contributed by atoms with Gasteiger partial charge in [-0.15, -0.1) is 9.80 Å². The average molecular weight is 1950 g/mol. The summed E-state index contributed by atoms with van der Waals surface area (Å²) in [5.74, 6) is 2.55. The van der Waals surface area contributed by atoms with Gasteiger partial charge in [-0.25, -0.2) is 36.5 Å². The number of anilines is 6. The number of aromatic hydroxyl groups is 1. The molecule has 9 aromatic carbocycles. The van der Waals surface area contributed by atoms with Crippen LogP contribution in [0.2, 0.25) is 10.0 Å². The van der Waals surface area contributed by atoms with Crippen LogP contribution >= 0.6 is 23.2 Å². The van der Waals surface area contributed by atoms with E-state index in [2.05, 4.69) is 128 Å². The van der Waals surface area contributed by atoms with E-state index in [1.54, 1.807) is 44.6 Å². The van der Waals surface area contributed by atoms with Crippen molar-refractivity contribution < 1.29 is 51.2 Å². The first-order chi connectivity index (χ1) is 68.7. The Labute approximate surface area is 849 Å². The van der Waals surface area contributed by atoms with Crippen molar-refractivity contribution in [1.82, 2.24) is 9.25 Å². The number of nitrogens with zero attached hydrogens (tertiary/aromatic N) is 22. The topological polar surface area (TPSA) is 243 Å². The molecular weight excluding hydrogens is 1820 g/mol. The van der Waals surface area contributed by atoms with Gasteiger partial charge >= 0.3 is 5.95 Å². The fourth-order valence-corrected chi connectivity index (χ4v) is 13.7. The maximum Gasteiger partial charge on any atom is 0.421 e. The highest BCUT2D eigenvalue weighted by Crippen LogP contribution is 2.36. The number of aromatic nitrogens is 10. The third-order valence-electron chi connectivity index (χ3n) is 22.0. The fraction of sp³-hybridized carbons (Fsp3) is 0.158. The number of azo groups is 2. The number of aryl methyl sites for hydroxylation is 10. The molecule has 27 nitrogen and oxygen atoms in total. The van der Waals surface area contributed by atoms with Gasteiger partial charge in [0.25, 0.3) is 0 Å². The number of nitrogens with two attached hydrogens (primary N) is 2. The molecule has 1 aliphatic heterocycles. The van der Waals surface area contributed by atoms with Crippen LogP contribution in [0.3, 0.4) is 0 Å². The van der Waals surface area contributed by atoms with E-state index in [-0.39, 0.29) is 13.2 Å². The van der Waals surface area contributed by atoms with Crippen molar-refractivity contribution in [1.29, 1.82) is 0 Å². The molecule has 9 heterocycles. The zero-order chi connectivity index (χ0) is 101. The predicted molar refractivity (Wildman–Crippen MR) is 581 cm³/mol. The van der Waals surface area contributed by atoms with Crippen LogP contribution in [0.15, 0.2) is 419 Å². The van der Waals surface area contributed by atoms with Gasteiger partial charge in [-0.05, 0) is 205 Å². The van der Waals surface area contributed by atoms with Crippen LogP contribution < -0.4 is 77.6 Å². The van der Waals surface area contributed by atoms with Crippen molar-refractivity contribution in [2.45, 2.75) is 13.8 Å². The highest BCUT2D eigenvalue weighted by Gasteiger charge is 2.20. The summed E-state index contributed by atoms with van der Waals surface area (Å²) in [6.07, 6.45) is 40.8. The fourth-order valence-electron chi connectivity index (χ4n) is 13.4. The SMILES string of the molecule is C.CN(N=Cc1cc[n+](C)cc1)c1ccccc1.CN(N=Cc1cccc[n+]1C)c1ccc(Cl)cc1.COc1ccc(N(C)N=Cc2cc[n+](C)cc2)cc1.COc1ccc(N=Nc2n(C)cc[n+]2C)cc1.C[n+]1ccc(C=Cc2ccc(N)cc2)cc1.C[n+]1ccccc1C=Cc1ccc(N)cc1.C[n+]1ccccc1C=NN1CCc2ccccc21.Cn1c2c(N=Nc3ccc(Cl)cc3)c(O)ccc2c[n+]1C. The number of para-hydroxylation sites is 2. The molecule has 5 N–H and O–H groups in total. The number of phenolic OH excluding ortho intramolecular Hbond substituents is 1. The molecule has 0 fully saturated rings. The van der Waals surface area contributed by atoms with Crippen molar-refractivity contribution in [3.05, 3.63) is 438 Å². The number of benzene rings is 9. The van der Waals surface area contributed by atoms with Gasteiger partial charge in [-0.2, -0.15) is 30.2 Å². The molecule has 0 spiro atoms. The Hall–Kier alpha value is -17.3. The molecule has 18 rings (SSSR count). The minimum absolute atomic E-state index is 0. The van der Waals surface area contributed by atoms with Crippen LogP contribution in [0, 0.1) is 0 Å². The van der Waals surface area contributed by atoms with Crippen LogP contribution in [0.1, 0.15) is 57.9 Å². The second kappa shape index (κ2) is 55.9. The molecule has 0 atom stereocenters. The second-order valence-corrected chi connectivity index (χ2v) is 33.5. The summed E-state index contributed by atoms with van der Waals surface area (Å²) in [6.45, 7) is 0.965. The minimum Gasteiger partial charge on any atom is -0.506 e. The van der Waals surface area contributed by atoms with E-state index in [1.165, 1.54) is 22.5 Å². The molecule has 728 valence electrons. The Balaban J connectivity index is 0.000000168. The lowest BCUT2D eigenvalue weighted by atomic mass is 10.1. The molecule has 0 saturated carbocycles. The first-order valence-electron chi connectivity index (χ1n) is 45.6. The summed E-state index contributed by atoms with van der Waals surface area (Å²) >= 11 is 11.7. The number of methoxy groups -OCH3 is 2. The van der Waals surface area contributed by atoms with E-state index in [0.29, 0.717) is 16.4 Å². The molecule has 8 aromatic heterocycles. The molecule has 0 unspecified atom stereocenters. The molecule has 0 radical (unpaired) electrons. The quantitative estimate of drug-likeness (QED) is 0.0203. The summed E-state index contributed by atoms with van der Waals surface area (Å²) in [4.78, 5) is 0. The number of imidazole rings is 1. The Morgan fingerprint density at radius 2 is 0.790 bits per heavy atom. The number of hydrogen-bond donors (Lipinski definition) is 3. The first-order valence-corrected chi connectivity index (χ1v) is 46.3. The monoisotopic (exact) mass is 1950 g/mol. The average Bonchev–Trinajstić information content (AvgIpc) is 1.64. The summed E-state index contributed by atoms with van der Waals surface area (Å²) in [6, 6.07) is 98.0. The van der Waals surface area contributed by atoms with Crippen molar-refractivity contribution in [2.24, 2.45) is 111 Å². The Morgan fingerprint density at radius 1 is 0.385 bits per heavy atom. The van der Waals surface area contributed by atoms with Gasteiger partial charge in [0.05, 0.1) is 94.0 Å². The van der Waals surface area contributed by atoms with Crippen molar-refractivity contribution in [3.8, 4) is 17.2 Å². The normalized spacial score (nSPS) is 11.3. The van der Waals surface area contributed by atoms with Gasteiger partial charge in [0.1, 0.15) is 83.2 Å². The van der Waals surface area contributed by atoms with Crippen LogP contribution in [-0.2, 0) is 76.9 Å². The second-order valence-electron chi connectivity index (χ2n) is 32.7. The number of hydrazone groups is 4. The summed E-state index contributed by atoms with van der Waals surface area (Å²) in [5.41, 5.74) is 30.2. The van der Waals surface area contributed by atoms with Crippen LogP contribution in [0.4, 0.5) is 57.1 Å². The molecule has 17 aromatic rings. The van der Waals surface area contributed by atoms with Gasteiger partial charge in [0.2, 0.25) is 23.3 Å². The summed E-state index contributed by atoms with van der Waals surface area (Å²) < 4.78 is 30.0. The van der Waals surface area contributed by atoms with E-state index in [1.807, 2.05) is 467 Å². The zero-order valence-corrected chi connectivity index (χ0v) is 84.4. The van der Waals surface area contributed by atoms with E-state index in [9.17, 15) is 5.11 Å². The molecule has 0 aliphatic carbocycles. The molecule has 143 heavy (non-hydrogen) atoms. The van der Waals surface area contributed by atoms with E-state index in [0.717, 1.165) is 114 Å². The van der Waals surface area contributed by atoms with E-state index >= 15 is 0 Å². The van der Waals surface area contributed by atoms with Crippen LogP contribution in [0.5, 0.6) is 17.2 Å². The smallest absolute Gasteiger partial charge is 0.421 e. The van der Waals surface area contributed by atoms with E-state index < -0.39 is 0 Å². The maximum absolute atomic E-state index is 10.1. The Bertz CT molecular complexity index is 7000. The molecular formula is C114H128Cl2N24O3+8. The highest BCUT2D eigenvalue weighted by atomic mass is 35.5. The lowest BCUT2D eigenvalue weighted by Gasteiger charge is -2.12. The number of ether oxygens (including phenoxy) is 2. The lowest BCUT2D eigenvalue weighted by Crippen LogP contribution is -2.35. The number of rotatable bonds is 21. The number of halogens is 2. The Morgan fingerprint density at radius 3 is 1.27 bits per heavy atom. The van der Waals surface area contributed by atoms with Crippen LogP contribution in [-0.4, -0.2) is 81.1 Å². The Kier molecular flexibility index (Phi) is 42.1. The number of nitrogen functional groups attached to an aromatic ring is 2. The maximum atomic E-state index is 10.1. The largest absolute Gasteiger partial charge is 0.506 e. The van der Waals surface area contributed by atoms with Crippen molar-refractivity contribution in [2.75, 3.05) is 73.4 Å². The standard InChI is InChI=1S/C15H13ClN4O.C15H18N3O.C15H16N3.C14H15ClN3.C14H16N3.2C14H14N2.C12H15N4O.CH4/c1-19-9-10-3-8-13(21)14(15(10)20(19)2)18-17-12-6-4-11(16)5-7-12;1-17-10-8-13(9-11-17)12-16-18(2)14-4-6-15(19-3)7-5-14;1-17-10-5-4-7-14(17)12-16-18-11-9-13-6-2-3-8-15(13)18;1-17-10-4-3-5-14(17)11-16-18(2)13-8-6-12(15)7-9-13;1-16-10-8-13(9-11-16)12-15-17(2)14-6-4-3-5-7-14;1-16-10-8-13(9-11-16)3-2-12-4-6-14(15)7-5-12;1-16-11-3-2-4-14(16)10-7-12-5-8-13(15)9-6-12;1-15-8-9-16(2)12(15)14-13-10-4-6-11(17-3)7-5-10;/h3-9H,1-2H3;4-12H,1-3H3;2-8,10,12H,9,11H2,1H3;3-11H,1-2H3;3-12H,1-2H3;2*2-11,15H,1H3;4-9H,1-3H3;1H4/q;4*+1;;;+1;/p+3. The first kappa shape index (κ1) is 108. The number of phenols is 1. The molecule has 0 bridgehead atoms. The van der Waals surface area contributed by atoms with Gasteiger partial charge in [-0.3, -0.25) is 20.0 Å². The van der Waals surface area contributed by atoms with E-state index in [4.69, 9.17) is 44.1 Å².